The van der Waals surface area contributed by atoms with Crippen LogP contribution in [0.3, 0.4) is 0 Å². The molecule has 2 atom stereocenters. The van der Waals surface area contributed by atoms with Crippen LogP contribution in [-0.2, 0) is 4.79 Å². The van der Waals surface area contributed by atoms with E-state index in [-0.39, 0.29) is 18.6 Å². The van der Waals surface area contributed by atoms with Crippen LogP contribution in [0.25, 0.3) is 0 Å². The minimum absolute atomic E-state index is 0.00859. The third kappa shape index (κ3) is 4.07. The Morgan fingerprint density at radius 2 is 2.50 bits per heavy atom. The van der Waals surface area contributed by atoms with E-state index in [1.807, 2.05) is 0 Å². The van der Waals surface area contributed by atoms with Crippen LogP contribution in [0.1, 0.15) is 26.2 Å². The molecule has 0 radical (unpaired) electrons. The molecule has 1 aliphatic heterocycles. The molecule has 1 saturated heterocycles. The first-order valence-electron chi connectivity index (χ1n) is 5.33. The average molecular weight is 200 g/mol. The summed E-state index contributed by atoms with van der Waals surface area (Å²) in [5.74, 6) is 0.523. The number of nitrogens with one attached hydrogen (secondary N) is 2. The van der Waals surface area contributed by atoms with E-state index in [0.29, 0.717) is 12.3 Å². The highest BCUT2D eigenvalue weighted by atomic mass is 16.3. The molecule has 1 rings (SSSR count). The van der Waals surface area contributed by atoms with Gasteiger partial charge in [-0.15, -0.1) is 0 Å². The summed E-state index contributed by atoms with van der Waals surface area (Å²) in [6.07, 6.45) is 2.87. The van der Waals surface area contributed by atoms with Gasteiger partial charge in [0, 0.05) is 12.5 Å². The van der Waals surface area contributed by atoms with Crippen LogP contribution in [0.2, 0.25) is 0 Å². The van der Waals surface area contributed by atoms with E-state index >= 15 is 0 Å². The number of amides is 1. The van der Waals surface area contributed by atoms with Crippen LogP contribution in [0.5, 0.6) is 0 Å². The fraction of sp³-hybridized carbons (Fsp3) is 0.900. The van der Waals surface area contributed by atoms with Crippen molar-refractivity contribution < 1.29 is 9.90 Å². The van der Waals surface area contributed by atoms with Crippen molar-refractivity contribution >= 4 is 5.91 Å². The number of piperidine rings is 1. The minimum Gasteiger partial charge on any atom is -0.394 e. The highest BCUT2D eigenvalue weighted by Gasteiger charge is 2.17. The van der Waals surface area contributed by atoms with E-state index < -0.39 is 0 Å². The van der Waals surface area contributed by atoms with Gasteiger partial charge in [-0.25, -0.2) is 0 Å². The quantitative estimate of drug-likeness (QED) is 0.592. The molecule has 0 aliphatic carbocycles. The van der Waals surface area contributed by atoms with E-state index in [1.165, 1.54) is 0 Å². The summed E-state index contributed by atoms with van der Waals surface area (Å²) in [6, 6.07) is -0.126. The van der Waals surface area contributed by atoms with E-state index in [2.05, 4.69) is 10.6 Å². The fourth-order valence-electron chi connectivity index (χ4n) is 1.74. The predicted octanol–water partition coefficient (Wildman–Crippen LogP) is -0.127. The van der Waals surface area contributed by atoms with Crippen molar-refractivity contribution in [3.63, 3.8) is 0 Å². The predicted molar refractivity (Wildman–Crippen MR) is 54.9 cm³/mol. The van der Waals surface area contributed by atoms with Crippen molar-refractivity contribution in [2.75, 3.05) is 19.7 Å². The molecule has 1 fully saturated rings. The first-order chi connectivity index (χ1) is 6.72. The van der Waals surface area contributed by atoms with E-state index in [4.69, 9.17) is 5.11 Å². The van der Waals surface area contributed by atoms with Crippen LogP contribution in [0.4, 0.5) is 0 Å². The zero-order valence-electron chi connectivity index (χ0n) is 8.75. The maximum Gasteiger partial charge on any atom is 0.220 e. The van der Waals surface area contributed by atoms with Gasteiger partial charge >= 0.3 is 0 Å². The van der Waals surface area contributed by atoms with Gasteiger partial charge < -0.3 is 15.7 Å². The summed E-state index contributed by atoms with van der Waals surface area (Å²) in [6.45, 7) is 3.83. The van der Waals surface area contributed by atoms with Gasteiger partial charge in [-0.05, 0) is 38.8 Å². The molecule has 0 spiro atoms. The molecule has 14 heavy (non-hydrogen) atoms. The number of carbonyl (C=O) groups is 1. The summed E-state index contributed by atoms with van der Waals surface area (Å²) in [7, 11) is 0. The summed E-state index contributed by atoms with van der Waals surface area (Å²) >= 11 is 0. The van der Waals surface area contributed by atoms with Crippen LogP contribution in [0, 0.1) is 5.92 Å². The maximum atomic E-state index is 11.4. The third-order valence-electron chi connectivity index (χ3n) is 2.55. The number of carbonyl (C=O) groups excluding carboxylic acids is 1. The molecular weight excluding hydrogens is 180 g/mol. The molecular formula is C10H20N2O2. The van der Waals surface area contributed by atoms with Gasteiger partial charge in [0.15, 0.2) is 0 Å². The lowest BCUT2D eigenvalue weighted by Crippen LogP contribution is -2.38. The summed E-state index contributed by atoms with van der Waals surface area (Å²) < 4.78 is 0. The van der Waals surface area contributed by atoms with E-state index in [0.717, 1.165) is 25.9 Å². The highest BCUT2D eigenvalue weighted by Crippen LogP contribution is 2.13. The molecule has 2 unspecified atom stereocenters. The van der Waals surface area contributed by atoms with E-state index in [1.54, 1.807) is 6.92 Å². The Labute approximate surface area is 85.1 Å². The second-order valence-electron chi connectivity index (χ2n) is 4.07. The molecule has 0 aromatic rings. The molecule has 4 heteroatoms. The molecule has 4 nitrogen and oxygen atoms in total. The first-order valence-corrected chi connectivity index (χ1v) is 5.33. The zero-order valence-corrected chi connectivity index (χ0v) is 8.75. The Bertz CT molecular complexity index is 179. The minimum atomic E-state index is -0.126. The summed E-state index contributed by atoms with van der Waals surface area (Å²) in [5, 5.41) is 14.8. The van der Waals surface area contributed by atoms with Crippen molar-refractivity contribution in [1.29, 1.82) is 0 Å². The number of aliphatic hydroxyl groups excluding tert-OH is 1. The topological polar surface area (TPSA) is 61.4 Å². The van der Waals surface area contributed by atoms with Gasteiger partial charge in [-0.1, -0.05) is 0 Å². The Balaban J connectivity index is 2.18. The number of aliphatic hydroxyl groups is 1. The molecule has 0 saturated carbocycles. The van der Waals surface area contributed by atoms with Crippen molar-refractivity contribution in [3.05, 3.63) is 0 Å². The van der Waals surface area contributed by atoms with Crippen molar-refractivity contribution in [2.45, 2.75) is 32.2 Å². The van der Waals surface area contributed by atoms with Crippen LogP contribution >= 0.6 is 0 Å². The largest absolute Gasteiger partial charge is 0.394 e. The maximum absolute atomic E-state index is 11.4. The van der Waals surface area contributed by atoms with E-state index in [9.17, 15) is 4.79 Å². The first kappa shape index (κ1) is 11.5. The Morgan fingerprint density at radius 1 is 1.71 bits per heavy atom. The van der Waals surface area contributed by atoms with Gasteiger partial charge in [0.05, 0.1) is 6.61 Å². The lowest BCUT2D eigenvalue weighted by Gasteiger charge is -2.22. The van der Waals surface area contributed by atoms with Crippen LogP contribution in [0.15, 0.2) is 0 Å². The molecule has 0 aromatic heterocycles. The zero-order chi connectivity index (χ0) is 10.4. The standard InChI is InChI=1S/C10H20N2O2/c1-8(7-13)12-10(14)5-9-3-2-4-11-6-9/h8-9,11,13H,2-7H2,1H3,(H,12,14). The van der Waals surface area contributed by atoms with Gasteiger partial charge in [-0.3, -0.25) is 4.79 Å². The van der Waals surface area contributed by atoms with Crippen molar-refractivity contribution in [1.82, 2.24) is 10.6 Å². The summed E-state index contributed by atoms with van der Waals surface area (Å²) in [4.78, 5) is 11.4. The third-order valence-corrected chi connectivity index (χ3v) is 2.55. The lowest BCUT2D eigenvalue weighted by molar-refractivity contribution is -0.123. The van der Waals surface area contributed by atoms with Gasteiger partial charge in [-0.2, -0.15) is 0 Å². The average Bonchev–Trinajstić information content (AvgIpc) is 2.19. The molecule has 3 N–H and O–H groups in total. The van der Waals surface area contributed by atoms with Gasteiger partial charge in [0.1, 0.15) is 0 Å². The Morgan fingerprint density at radius 3 is 3.07 bits per heavy atom. The Kier molecular flexibility index (Phi) is 4.90. The smallest absolute Gasteiger partial charge is 0.220 e. The lowest BCUT2D eigenvalue weighted by atomic mass is 9.96. The Hall–Kier alpha value is -0.610. The van der Waals surface area contributed by atoms with Crippen molar-refractivity contribution in [3.8, 4) is 0 Å². The van der Waals surface area contributed by atoms with Crippen molar-refractivity contribution in [2.24, 2.45) is 5.92 Å². The number of hydrogen-bond acceptors (Lipinski definition) is 3. The monoisotopic (exact) mass is 200 g/mol. The normalized spacial score (nSPS) is 24.3. The molecule has 1 amide bonds. The SMILES string of the molecule is CC(CO)NC(=O)CC1CCCNC1. The molecule has 0 aromatic carbocycles. The second kappa shape index (κ2) is 5.98. The fourth-order valence-corrected chi connectivity index (χ4v) is 1.74. The molecule has 1 heterocycles. The van der Waals surface area contributed by atoms with Gasteiger partial charge in [0.2, 0.25) is 5.91 Å². The molecule has 82 valence electrons. The highest BCUT2D eigenvalue weighted by molar-refractivity contribution is 5.76. The summed E-state index contributed by atoms with van der Waals surface area (Å²) in [5.41, 5.74) is 0. The number of rotatable bonds is 4. The van der Waals surface area contributed by atoms with Crippen LogP contribution < -0.4 is 10.6 Å². The van der Waals surface area contributed by atoms with Crippen LogP contribution in [-0.4, -0.2) is 36.8 Å². The van der Waals surface area contributed by atoms with Gasteiger partial charge in [0.25, 0.3) is 0 Å². The molecule has 1 aliphatic rings. The molecule has 0 bridgehead atoms. The number of hydrogen-bond donors (Lipinski definition) is 3. The second-order valence-corrected chi connectivity index (χ2v) is 4.07.